The van der Waals surface area contributed by atoms with E-state index in [-0.39, 0.29) is 45.2 Å². The van der Waals surface area contributed by atoms with Gasteiger partial charge in [0, 0.05) is 33.0 Å². The van der Waals surface area contributed by atoms with Crippen molar-refractivity contribution in [1.29, 1.82) is 0 Å². The number of unbranched alkanes of at least 4 members (excludes halogenated alkanes) is 13. The Morgan fingerprint density at radius 2 is 1.02 bits per heavy atom. The van der Waals surface area contributed by atoms with Gasteiger partial charge in [0.1, 0.15) is 5.92 Å². The van der Waals surface area contributed by atoms with E-state index in [9.17, 15) is 14.7 Å². The Morgan fingerprint density at radius 3 is 1.32 bits per heavy atom. The number of aliphatic carboxylic acids is 1. The number of benzene rings is 1. The van der Waals surface area contributed by atoms with Crippen LogP contribution in [0.3, 0.4) is 0 Å². The standard InChI is InChI=1S/C25H41NO3.2C3H8O2.H2O.Ti/c1-2-3-4-5-6-7-8-9-10-11-12-13-14-15-16-23(25(28)29)24(27)21-17-19-22(26)20-18-21;2*1-3(2)5-4;;/h17-20,23H,2-16,26H2,1H3,(H,28,29);2*3-4H,1-2H3;1H2;. The van der Waals surface area contributed by atoms with Gasteiger partial charge in [0.05, 0.1) is 12.2 Å². The molecule has 1 aromatic rings. The molecule has 0 aliphatic rings. The molecule has 1 unspecified atom stereocenters. The van der Waals surface area contributed by atoms with Crippen LogP contribution in [0.1, 0.15) is 141 Å². The topological polar surface area (TPSA) is 171 Å². The molecule has 1 aromatic carbocycles. The van der Waals surface area contributed by atoms with Crippen LogP contribution >= 0.6 is 0 Å². The van der Waals surface area contributed by atoms with E-state index in [1.165, 1.54) is 70.6 Å². The third-order valence-electron chi connectivity index (χ3n) is 6.08. The van der Waals surface area contributed by atoms with Crippen molar-refractivity contribution in [2.45, 2.75) is 143 Å². The summed E-state index contributed by atoms with van der Waals surface area (Å²) < 4.78 is 0. The Labute approximate surface area is 263 Å². The fourth-order valence-electron chi connectivity index (χ4n) is 3.76. The average molecular weight is 622 g/mol. The Balaban J connectivity index is -0.000000488. The second-order valence-corrected chi connectivity index (χ2v) is 10.6. The summed E-state index contributed by atoms with van der Waals surface area (Å²) in [6, 6.07) is 6.49. The molecule has 0 aromatic heterocycles. The number of carboxylic acids is 1. The van der Waals surface area contributed by atoms with E-state index in [2.05, 4.69) is 16.7 Å². The molecule has 0 fully saturated rings. The summed E-state index contributed by atoms with van der Waals surface area (Å²) >= 11 is 0. The summed E-state index contributed by atoms with van der Waals surface area (Å²) in [5, 5.41) is 24.7. The van der Waals surface area contributed by atoms with Gasteiger partial charge < -0.3 is 16.3 Å². The van der Waals surface area contributed by atoms with Gasteiger partial charge in [0.2, 0.25) is 0 Å². The van der Waals surface area contributed by atoms with E-state index >= 15 is 0 Å². The Morgan fingerprint density at radius 1 is 0.707 bits per heavy atom. The minimum Gasteiger partial charge on any atom is -0.481 e. The first-order valence-corrected chi connectivity index (χ1v) is 14.8. The zero-order valence-electron chi connectivity index (χ0n) is 26.2. The quantitative estimate of drug-likeness (QED) is 0.0216. The maximum Gasteiger partial charge on any atom is 0.314 e. The molecule has 0 aliphatic carbocycles. The molecular formula is C31H59NO8Ti. The van der Waals surface area contributed by atoms with Crippen molar-refractivity contribution in [3.63, 3.8) is 0 Å². The third kappa shape index (κ3) is 31.4. The Hall–Kier alpha value is -1.33. The van der Waals surface area contributed by atoms with Gasteiger partial charge in [-0.1, -0.05) is 96.8 Å². The van der Waals surface area contributed by atoms with E-state index in [0.29, 0.717) is 17.7 Å². The molecule has 9 nitrogen and oxygen atoms in total. The average Bonchev–Trinajstić information content (AvgIpc) is 2.91. The van der Waals surface area contributed by atoms with Crippen LogP contribution in [0.2, 0.25) is 0 Å². The van der Waals surface area contributed by atoms with Crippen molar-refractivity contribution in [3.8, 4) is 0 Å². The van der Waals surface area contributed by atoms with Gasteiger partial charge in [-0.3, -0.25) is 20.1 Å². The molecule has 240 valence electrons. The smallest absolute Gasteiger partial charge is 0.314 e. The SMILES string of the molecule is CC(C)OO.CC(C)OO.CCCCCCCCCCCCCCCCC(C(=O)O)C(=O)c1ccc(N)cc1.O.[Ti]. The molecule has 0 radical (unpaired) electrons. The monoisotopic (exact) mass is 621 g/mol. The van der Waals surface area contributed by atoms with E-state index in [1.54, 1.807) is 52.0 Å². The van der Waals surface area contributed by atoms with Crippen LogP contribution in [-0.2, 0) is 36.3 Å². The fourth-order valence-corrected chi connectivity index (χ4v) is 3.76. The largest absolute Gasteiger partial charge is 0.481 e. The van der Waals surface area contributed by atoms with E-state index in [4.69, 9.17) is 16.2 Å². The molecule has 0 saturated carbocycles. The maximum atomic E-state index is 12.4. The predicted molar refractivity (Wildman–Crippen MR) is 163 cm³/mol. The van der Waals surface area contributed by atoms with Crippen molar-refractivity contribution < 1.29 is 62.2 Å². The van der Waals surface area contributed by atoms with Gasteiger partial charge in [-0.15, -0.1) is 0 Å². The number of anilines is 1. The molecule has 0 spiro atoms. The normalized spacial score (nSPS) is 10.9. The summed E-state index contributed by atoms with van der Waals surface area (Å²) in [5.74, 6) is -2.29. The molecule has 10 heteroatoms. The Kier molecular flexibility index (Phi) is 37.7. The van der Waals surface area contributed by atoms with Gasteiger partial charge in [0.25, 0.3) is 0 Å². The summed E-state index contributed by atoms with van der Waals surface area (Å²) in [4.78, 5) is 31.4. The molecule has 41 heavy (non-hydrogen) atoms. The van der Waals surface area contributed by atoms with E-state index in [1.807, 2.05) is 0 Å². The zero-order chi connectivity index (χ0) is 29.9. The number of hydrogen-bond acceptors (Lipinski definition) is 7. The molecule has 1 rings (SSSR count). The number of hydrogen-bond donors (Lipinski definition) is 4. The molecule has 0 bridgehead atoms. The van der Waals surface area contributed by atoms with Gasteiger partial charge in [-0.2, -0.15) is 0 Å². The zero-order valence-corrected chi connectivity index (χ0v) is 27.8. The van der Waals surface area contributed by atoms with Crippen molar-refractivity contribution in [3.05, 3.63) is 29.8 Å². The van der Waals surface area contributed by atoms with Crippen molar-refractivity contribution >= 4 is 17.4 Å². The van der Waals surface area contributed by atoms with Crippen LogP contribution in [0.5, 0.6) is 0 Å². The fraction of sp³-hybridized carbons (Fsp3) is 0.742. The molecule has 0 saturated heterocycles. The predicted octanol–water partition coefficient (Wildman–Crippen LogP) is 7.97. The van der Waals surface area contributed by atoms with Crippen molar-refractivity contribution in [2.75, 3.05) is 5.73 Å². The van der Waals surface area contributed by atoms with Gasteiger partial charge >= 0.3 is 5.97 Å². The molecule has 0 heterocycles. The summed E-state index contributed by atoms with van der Waals surface area (Å²) in [6.45, 7) is 9.26. The first kappa shape index (κ1) is 46.6. The Bertz CT molecular complexity index is 694. The van der Waals surface area contributed by atoms with E-state index in [0.717, 1.165) is 19.3 Å². The number of ketones is 1. The second-order valence-electron chi connectivity index (χ2n) is 10.6. The number of carboxylic acid groups (broad SMARTS) is 1. The van der Waals surface area contributed by atoms with Crippen LogP contribution in [0.15, 0.2) is 24.3 Å². The van der Waals surface area contributed by atoms with Crippen molar-refractivity contribution in [2.24, 2.45) is 5.92 Å². The third-order valence-corrected chi connectivity index (χ3v) is 6.08. The summed E-state index contributed by atoms with van der Waals surface area (Å²) in [7, 11) is 0. The second kappa shape index (κ2) is 33.2. The summed E-state index contributed by atoms with van der Waals surface area (Å²) in [5.41, 5.74) is 6.63. The minimum absolute atomic E-state index is 0. The molecule has 1 atom stereocenters. The molecular weight excluding hydrogens is 562 g/mol. The van der Waals surface area contributed by atoms with Crippen LogP contribution in [0.4, 0.5) is 5.69 Å². The first-order chi connectivity index (χ1) is 18.6. The van der Waals surface area contributed by atoms with Crippen LogP contribution in [0.25, 0.3) is 0 Å². The number of nitrogen functional groups attached to an aromatic ring is 1. The minimum atomic E-state index is -1.03. The number of rotatable bonds is 20. The van der Waals surface area contributed by atoms with Gasteiger partial charge in [-0.05, 0) is 58.4 Å². The first-order valence-electron chi connectivity index (χ1n) is 14.8. The number of carbonyl (C=O) groups is 2. The van der Waals surface area contributed by atoms with Crippen molar-refractivity contribution in [1.82, 2.24) is 0 Å². The number of nitrogens with two attached hydrogens (primary N) is 1. The summed E-state index contributed by atoms with van der Waals surface area (Å²) in [6.07, 6.45) is 17.9. The van der Waals surface area contributed by atoms with Crippen LogP contribution in [0, 0.1) is 5.92 Å². The van der Waals surface area contributed by atoms with Crippen LogP contribution < -0.4 is 5.73 Å². The molecule has 7 N–H and O–H groups in total. The van der Waals surface area contributed by atoms with Gasteiger partial charge in [0.15, 0.2) is 5.78 Å². The molecule has 0 amide bonds. The van der Waals surface area contributed by atoms with E-state index < -0.39 is 11.9 Å². The molecule has 0 aliphatic heterocycles. The van der Waals surface area contributed by atoms with Crippen LogP contribution in [-0.4, -0.2) is 45.1 Å². The maximum absolute atomic E-state index is 12.4. The number of Topliss-reactive ketones (excluding diaryl/α,β-unsaturated/α-hetero) is 1. The number of carbonyl (C=O) groups excluding carboxylic acids is 1. The van der Waals surface area contributed by atoms with Gasteiger partial charge in [-0.25, -0.2) is 9.78 Å².